The Morgan fingerprint density at radius 1 is 1.00 bits per heavy atom. The van der Waals surface area contributed by atoms with Gasteiger partial charge in [-0.2, -0.15) is 0 Å². The molecule has 0 radical (unpaired) electrons. The summed E-state index contributed by atoms with van der Waals surface area (Å²) in [5.74, 6) is -0.285. The molecule has 0 fully saturated rings. The van der Waals surface area contributed by atoms with Crippen molar-refractivity contribution in [2.75, 3.05) is 0 Å². The van der Waals surface area contributed by atoms with E-state index in [1.165, 1.54) is 0 Å². The number of para-hydroxylation sites is 1. The van der Waals surface area contributed by atoms with Gasteiger partial charge in [0, 0.05) is 5.56 Å². The number of ether oxygens (including phenoxy) is 1. The van der Waals surface area contributed by atoms with E-state index in [1.54, 1.807) is 45.0 Å². The summed E-state index contributed by atoms with van der Waals surface area (Å²) in [6.45, 7) is 7.19. The molecule has 0 saturated heterocycles. The Labute approximate surface area is 146 Å². The zero-order valence-electron chi connectivity index (χ0n) is 14.8. The van der Waals surface area contributed by atoms with Crippen LogP contribution in [0.2, 0.25) is 0 Å². The van der Waals surface area contributed by atoms with Gasteiger partial charge in [-0.3, -0.25) is 9.59 Å². The number of carbonyl (C=O) groups is 1. The van der Waals surface area contributed by atoms with Gasteiger partial charge < -0.3 is 9.15 Å². The maximum Gasteiger partial charge on any atom is 0.316 e. The molecule has 4 nitrogen and oxygen atoms in total. The molecular formula is C21H20O4. The molecule has 0 spiro atoms. The van der Waals surface area contributed by atoms with Gasteiger partial charge in [-0.25, -0.2) is 0 Å². The van der Waals surface area contributed by atoms with Gasteiger partial charge in [-0.05, 0) is 39.8 Å². The van der Waals surface area contributed by atoms with Crippen LogP contribution in [0.5, 0.6) is 5.75 Å². The van der Waals surface area contributed by atoms with Crippen molar-refractivity contribution in [3.05, 3.63) is 64.3 Å². The summed E-state index contributed by atoms with van der Waals surface area (Å²) in [6.07, 6.45) is 0. The molecule has 0 amide bonds. The standard InChI is InChI=1S/C21H20O4/c1-13-9-11-14(12-10-13)18-19(25-20(23)21(2,3)4)17(22)15-7-5-6-8-16(15)24-18/h5-12H,1-4H3. The predicted molar refractivity (Wildman–Crippen MR) is 97.7 cm³/mol. The van der Waals surface area contributed by atoms with Crippen LogP contribution >= 0.6 is 0 Å². The fraction of sp³-hybridized carbons (Fsp3) is 0.238. The van der Waals surface area contributed by atoms with Gasteiger partial charge >= 0.3 is 5.97 Å². The zero-order chi connectivity index (χ0) is 18.2. The Morgan fingerprint density at radius 2 is 1.64 bits per heavy atom. The van der Waals surface area contributed by atoms with Gasteiger partial charge in [-0.1, -0.05) is 42.0 Å². The molecule has 128 valence electrons. The third-order valence-corrected chi connectivity index (χ3v) is 3.88. The smallest absolute Gasteiger partial charge is 0.316 e. The summed E-state index contributed by atoms with van der Waals surface area (Å²) in [5.41, 5.74) is 1.14. The minimum absolute atomic E-state index is 0.0671. The lowest BCUT2D eigenvalue weighted by molar-refractivity contribution is -0.143. The van der Waals surface area contributed by atoms with Crippen molar-refractivity contribution in [1.29, 1.82) is 0 Å². The van der Waals surface area contributed by atoms with E-state index in [0.717, 1.165) is 5.56 Å². The average molecular weight is 336 g/mol. The summed E-state index contributed by atoms with van der Waals surface area (Å²) in [4.78, 5) is 25.3. The van der Waals surface area contributed by atoms with Crippen LogP contribution < -0.4 is 10.2 Å². The molecule has 0 aliphatic heterocycles. The first-order chi connectivity index (χ1) is 11.8. The number of carbonyl (C=O) groups excluding carboxylic acids is 1. The fourth-order valence-electron chi connectivity index (χ4n) is 2.36. The van der Waals surface area contributed by atoms with Gasteiger partial charge in [0.15, 0.2) is 5.76 Å². The third kappa shape index (κ3) is 3.33. The van der Waals surface area contributed by atoms with Crippen molar-refractivity contribution in [3.8, 4) is 17.1 Å². The van der Waals surface area contributed by atoms with E-state index in [2.05, 4.69) is 0 Å². The molecule has 0 saturated carbocycles. The number of benzene rings is 2. The molecule has 0 aliphatic rings. The molecule has 0 bridgehead atoms. The lowest BCUT2D eigenvalue weighted by atomic mass is 9.97. The maximum absolute atomic E-state index is 12.9. The summed E-state index contributed by atoms with van der Waals surface area (Å²) < 4.78 is 11.4. The van der Waals surface area contributed by atoms with E-state index in [-0.39, 0.29) is 16.9 Å². The van der Waals surface area contributed by atoms with Crippen LogP contribution in [-0.4, -0.2) is 5.97 Å². The molecule has 3 rings (SSSR count). The van der Waals surface area contributed by atoms with Crippen molar-refractivity contribution in [3.63, 3.8) is 0 Å². The summed E-state index contributed by atoms with van der Waals surface area (Å²) in [7, 11) is 0. The second kappa shape index (κ2) is 6.20. The quantitative estimate of drug-likeness (QED) is 0.635. The Bertz CT molecular complexity index is 989. The zero-order valence-corrected chi connectivity index (χ0v) is 14.8. The molecule has 0 unspecified atom stereocenters. The van der Waals surface area contributed by atoms with E-state index in [0.29, 0.717) is 16.5 Å². The average Bonchev–Trinajstić information content (AvgIpc) is 2.57. The Morgan fingerprint density at radius 3 is 2.28 bits per heavy atom. The fourth-order valence-corrected chi connectivity index (χ4v) is 2.36. The van der Waals surface area contributed by atoms with E-state index in [9.17, 15) is 9.59 Å². The van der Waals surface area contributed by atoms with Crippen molar-refractivity contribution < 1.29 is 13.9 Å². The number of aryl methyl sites for hydroxylation is 1. The molecule has 1 aromatic heterocycles. The lowest BCUT2D eigenvalue weighted by Gasteiger charge is -2.17. The first-order valence-corrected chi connectivity index (χ1v) is 8.12. The molecule has 4 heteroatoms. The van der Waals surface area contributed by atoms with Gasteiger partial charge in [0.05, 0.1) is 10.8 Å². The highest BCUT2D eigenvalue weighted by molar-refractivity contribution is 5.85. The molecule has 0 atom stereocenters. The van der Waals surface area contributed by atoms with E-state index in [4.69, 9.17) is 9.15 Å². The second-order valence-corrected chi connectivity index (χ2v) is 7.09. The highest BCUT2D eigenvalue weighted by atomic mass is 16.5. The topological polar surface area (TPSA) is 56.5 Å². The largest absolute Gasteiger partial charge is 0.452 e. The SMILES string of the molecule is Cc1ccc(-c2oc3ccccc3c(=O)c2OC(=O)C(C)(C)C)cc1. The summed E-state index contributed by atoms with van der Waals surface area (Å²) >= 11 is 0. The molecule has 2 aromatic carbocycles. The Hall–Kier alpha value is -2.88. The third-order valence-electron chi connectivity index (χ3n) is 3.88. The Balaban J connectivity index is 2.26. The van der Waals surface area contributed by atoms with Crippen molar-refractivity contribution in [2.45, 2.75) is 27.7 Å². The number of hydrogen-bond acceptors (Lipinski definition) is 4. The predicted octanol–water partition coefficient (Wildman–Crippen LogP) is 4.72. The highest BCUT2D eigenvalue weighted by Crippen LogP contribution is 2.32. The Kier molecular flexibility index (Phi) is 4.21. The maximum atomic E-state index is 12.9. The highest BCUT2D eigenvalue weighted by Gasteiger charge is 2.27. The van der Waals surface area contributed by atoms with Crippen LogP contribution in [0.25, 0.3) is 22.3 Å². The molecule has 1 heterocycles. The first-order valence-electron chi connectivity index (χ1n) is 8.12. The van der Waals surface area contributed by atoms with Gasteiger partial charge in [0.2, 0.25) is 11.2 Å². The normalized spacial score (nSPS) is 11.5. The van der Waals surface area contributed by atoms with Crippen molar-refractivity contribution in [2.24, 2.45) is 5.41 Å². The van der Waals surface area contributed by atoms with E-state index >= 15 is 0 Å². The van der Waals surface area contributed by atoms with Gasteiger partial charge in [-0.15, -0.1) is 0 Å². The second-order valence-electron chi connectivity index (χ2n) is 7.09. The molecular weight excluding hydrogens is 316 g/mol. The lowest BCUT2D eigenvalue weighted by Crippen LogP contribution is -2.28. The number of esters is 1. The minimum Gasteiger partial charge on any atom is -0.452 e. The molecule has 0 N–H and O–H groups in total. The minimum atomic E-state index is -0.734. The van der Waals surface area contributed by atoms with Crippen LogP contribution in [0.3, 0.4) is 0 Å². The van der Waals surface area contributed by atoms with E-state index < -0.39 is 11.4 Å². The molecule has 25 heavy (non-hydrogen) atoms. The number of hydrogen-bond donors (Lipinski definition) is 0. The van der Waals surface area contributed by atoms with E-state index in [1.807, 2.05) is 31.2 Å². The number of fused-ring (bicyclic) bond motifs is 1. The summed E-state index contributed by atoms with van der Waals surface area (Å²) in [6, 6.07) is 14.5. The monoisotopic (exact) mass is 336 g/mol. The summed E-state index contributed by atoms with van der Waals surface area (Å²) in [5, 5.41) is 0.384. The molecule has 0 aliphatic carbocycles. The number of rotatable bonds is 2. The van der Waals surface area contributed by atoms with Crippen molar-refractivity contribution in [1.82, 2.24) is 0 Å². The van der Waals surface area contributed by atoms with Crippen LogP contribution in [0.4, 0.5) is 0 Å². The van der Waals surface area contributed by atoms with Crippen LogP contribution in [0.1, 0.15) is 26.3 Å². The van der Waals surface area contributed by atoms with Crippen LogP contribution in [0.15, 0.2) is 57.7 Å². The van der Waals surface area contributed by atoms with Crippen LogP contribution in [-0.2, 0) is 4.79 Å². The first kappa shape index (κ1) is 17.0. The van der Waals surface area contributed by atoms with Crippen LogP contribution in [0, 0.1) is 12.3 Å². The van der Waals surface area contributed by atoms with Gasteiger partial charge in [0.25, 0.3) is 0 Å². The molecule has 3 aromatic rings. The van der Waals surface area contributed by atoms with Gasteiger partial charge in [0.1, 0.15) is 5.58 Å². The van der Waals surface area contributed by atoms with Crippen molar-refractivity contribution >= 4 is 16.9 Å².